The van der Waals surface area contributed by atoms with Crippen LogP contribution in [-0.4, -0.2) is 33.4 Å². The molecule has 1 fully saturated rings. The summed E-state index contributed by atoms with van der Waals surface area (Å²) >= 11 is 0. The van der Waals surface area contributed by atoms with Gasteiger partial charge in [0.25, 0.3) is 0 Å². The van der Waals surface area contributed by atoms with Gasteiger partial charge in [0.1, 0.15) is 12.1 Å². The maximum atomic E-state index is 13.3. The summed E-state index contributed by atoms with van der Waals surface area (Å²) in [5.41, 5.74) is 3.27. The molecule has 2 aromatic heterocycles. The number of hydrogen-bond acceptors (Lipinski definition) is 4. The van der Waals surface area contributed by atoms with Gasteiger partial charge in [-0.05, 0) is 49.2 Å². The molecule has 3 heterocycles. The van der Waals surface area contributed by atoms with Crippen LogP contribution >= 0.6 is 0 Å². The lowest BCUT2D eigenvalue weighted by Crippen LogP contribution is -2.40. The Kier molecular flexibility index (Phi) is 4.72. The highest BCUT2D eigenvalue weighted by Gasteiger charge is 2.27. The molecular formula is C27H23N3O3. The summed E-state index contributed by atoms with van der Waals surface area (Å²) < 4.78 is 7.93. The van der Waals surface area contributed by atoms with Crippen molar-refractivity contribution in [2.75, 3.05) is 13.1 Å². The quantitative estimate of drug-likeness (QED) is 0.384. The maximum Gasteiger partial charge on any atom is 0.242 e. The minimum absolute atomic E-state index is 0.00375. The molecule has 6 heteroatoms. The molecule has 0 saturated carbocycles. The minimum Gasteiger partial charge on any atom is -0.440 e. The van der Waals surface area contributed by atoms with E-state index in [1.165, 1.54) is 0 Å². The van der Waals surface area contributed by atoms with Gasteiger partial charge in [-0.3, -0.25) is 9.59 Å². The topological polar surface area (TPSA) is 68.3 Å². The molecule has 164 valence electrons. The lowest BCUT2D eigenvalue weighted by Gasteiger charge is -2.31. The monoisotopic (exact) mass is 437 g/mol. The fourth-order valence-corrected chi connectivity index (χ4v) is 4.92. The average molecular weight is 437 g/mol. The first-order chi connectivity index (χ1) is 16.2. The van der Waals surface area contributed by atoms with Crippen LogP contribution in [0.25, 0.3) is 32.9 Å². The molecule has 1 aliphatic heterocycles. The van der Waals surface area contributed by atoms with Crippen LogP contribution in [-0.2, 0) is 11.3 Å². The zero-order chi connectivity index (χ0) is 22.4. The molecule has 0 aliphatic carbocycles. The van der Waals surface area contributed by atoms with Crippen LogP contribution in [0.15, 0.2) is 82.0 Å². The standard InChI is InChI=1S/C27H23N3O3/c31-25(29-15-13-18(14-16-29)27-28-21-9-3-6-12-24(21)33-27)17-30-22-10-4-1-7-19(22)26(32)20-8-2-5-11-23(20)30/h1-12,18H,13-17H2. The number of carbonyl (C=O) groups is 1. The number of benzene rings is 3. The summed E-state index contributed by atoms with van der Waals surface area (Å²) in [6.45, 7) is 1.53. The number of pyridine rings is 1. The number of fused-ring (bicyclic) bond motifs is 3. The summed E-state index contributed by atoms with van der Waals surface area (Å²) in [6, 6.07) is 22.8. The molecular weight excluding hydrogens is 414 g/mol. The van der Waals surface area contributed by atoms with Crippen molar-refractivity contribution in [2.45, 2.75) is 25.3 Å². The van der Waals surface area contributed by atoms with E-state index >= 15 is 0 Å². The van der Waals surface area contributed by atoms with E-state index in [4.69, 9.17) is 4.42 Å². The summed E-state index contributed by atoms with van der Waals surface area (Å²) in [5, 5.41) is 1.28. The second-order valence-corrected chi connectivity index (χ2v) is 8.62. The average Bonchev–Trinajstić information content (AvgIpc) is 3.31. The van der Waals surface area contributed by atoms with E-state index in [2.05, 4.69) is 4.98 Å². The Bertz CT molecular complexity index is 1460. The largest absolute Gasteiger partial charge is 0.440 e. The molecule has 6 nitrogen and oxygen atoms in total. The van der Waals surface area contributed by atoms with Crippen molar-refractivity contribution in [3.63, 3.8) is 0 Å². The number of carbonyl (C=O) groups excluding carboxylic acids is 1. The first kappa shape index (κ1) is 19.7. The van der Waals surface area contributed by atoms with Gasteiger partial charge in [0.15, 0.2) is 16.9 Å². The molecule has 33 heavy (non-hydrogen) atoms. The Labute approximate surface area is 190 Å². The van der Waals surface area contributed by atoms with Crippen LogP contribution in [0, 0.1) is 0 Å². The first-order valence-electron chi connectivity index (χ1n) is 11.3. The molecule has 0 unspecified atom stereocenters. The van der Waals surface area contributed by atoms with Crippen LogP contribution < -0.4 is 5.43 Å². The fraction of sp³-hybridized carbons (Fsp3) is 0.222. The molecule has 5 aromatic rings. The minimum atomic E-state index is 0.00375. The molecule has 0 spiro atoms. The van der Waals surface area contributed by atoms with Crippen molar-refractivity contribution in [3.05, 3.63) is 88.9 Å². The number of rotatable bonds is 3. The second kappa shape index (κ2) is 7.89. The molecule has 3 aromatic carbocycles. The van der Waals surface area contributed by atoms with Crippen LogP contribution in [0.4, 0.5) is 0 Å². The van der Waals surface area contributed by atoms with E-state index in [0.717, 1.165) is 40.9 Å². The first-order valence-corrected chi connectivity index (χ1v) is 11.3. The number of likely N-dealkylation sites (tertiary alicyclic amines) is 1. The molecule has 1 saturated heterocycles. The van der Waals surface area contributed by atoms with Crippen molar-refractivity contribution in [3.8, 4) is 0 Å². The third-order valence-electron chi connectivity index (χ3n) is 6.68. The van der Waals surface area contributed by atoms with E-state index < -0.39 is 0 Å². The molecule has 0 N–H and O–H groups in total. The number of oxazole rings is 1. The lowest BCUT2D eigenvalue weighted by molar-refractivity contribution is -0.132. The van der Waals surface area contributed by atoms with Crippen molar-refractivity contribution in [1.82, 2.24) is 14.5 Å². The highest BCUT2D eigenvalue weighted by Crippen LogP contribution is 2.30. The number of amides is 1. The third kappa shape index (κ3) is 3.39. The zero-order valence-corrected chi connectivity index (χ0v) is 18.1. The second-order valence-electron chi connectivity index (χ2n) is 8.62. The molecule has 6 rings (SSSR count). The SMILES string of the molecule is O=C(Cn1c2ccccc2c(=O)c2ccccc21)N1CCC(c2nc3ccccc3o2)CC1. The summed E-state index contributed by atoms with van der Waals surface area (Å²) in [5.74, 6) is 1.04. The van der Waals surface area contributed by atoms with Crippen LogP contribution in [0.1, 0.15) is 24.7 Å². The lowest BCUT2D eigenvalue weighted by atomic mass is 9.96. The number of nitrogens with zero attached hydrogens (tertiary/aromatic N) is 3. The van der Waals surface area contributed by atoms with E-state index in [1.807, 2.05) is 82.3 Å². The highest BCUT2D eigenvalue weighted by molar-refractivity contribution is 5.94. The molecule has 1 amide bonds. The van der Waals surface area contributed by atoms with Gasteiger partial charge in [0.05, 0.1) is 11.0 Å². The molecule has 1 aliphatic rings. The van der Waals surface area contributed by atoms with E-state index in [-0.39, 0.29) is 23.8 Å². The number of para-hydroxylation sites is 4. The number of piperidine rings is 1. The predicted molar refractivity (Wildman–Crippen MR) is 128 cm³/mol. The maximum absolute atomic E-state index is 13.3. The highest BCUT2D eigenvalue weighted by atomic mass is 16.3. The third-order valence-corrected chi connectivity index (χ3v) is 6.68. The Morgan fingerprint density at radius 1 is 0.879 bits per heavy atom. The van der Waals surface area contributed by atoms with Gasteiger partial charge in [0, 0.05) is 29.8 Å². The van der Waals surface area contributed by atoms with Crippen molar-refractivity contribution < 1.29 is 9.21 Å². The smallest absolute Gasteiger partial charge is 0.242 e. The normalized spacial score (nSPS) is 15.0. The van der Waals surface area contributed by atoms with Gasteiger partial charge in [-0.1, -0.05) is 36.4 Å². The van der Waals surface area contributed by atoms with Crippen LogP contribution in [0.3, 0.4) is 0 Å². The van der Waals surface area contributed by atoms with Gasteiger partial charge >= 0.3 is 0 Å². The Hall–Kier alpha value is -3.93. The van der Waals surface area contributed by atoms with E-state index in [1.54, 1.807) is 0 Å². The van der Waals surface area contributed by atoms with Crippen molar-refractivity contribution in [1.29, 1.82) is 0 Å². The summed E-state index contributed by atoms with van der Waals surface area (Å²) in [7, 11) is 0. The Morgan fingerprint density at radius 3 is 2.15 bits per heavy atom. The molecule has 0 radical (unpaired) electrons. The van der Waals surface area contributed by atoms with Crippen molar-refractivity contribution >= 4 is 38.8 Å². The summed E-state index contributed by atoms with van der Waals surface area (Å²) in [4.78, 5) is 32.8. The van der Waals surface area contributed by atoms with Gasteiger partial charge in [-0.25, -0.2) is 4.98 Å². The fourth-order valence-electron chi connectivity index (χ4n) is 4.92. The van der Waals surface area contributed by atoms with Gasteiger partial charge in [-0.15, -0.1) is 0 Å². The van der Waals surface area contributed by atoms with Gasteiger partial charge in [-0.2, -0.15) is 0 Å². The van der Waals surface area contributed by atoms with Crippen LogP contribution in [0.2, 0.25) is 0 Å². The van der Waals surface area contributed by atoms with E-state index in [9.17, 15) is 9.59 Å². The molecule has 0 bridgehead atoms. The van der Waals surface area contributed by atoms with E-state index in [0.29, 0.717) is 23.9 Å². The number of hydrogen-bond donors (Lipinski definition) is 0. The molecule has 0 atom stereocenters. The number of aromatic nitrogens is 2. The Morgan fingerprint density at radius 2 is 1.48 bits per heavy atom. The van der Waals surface area contributed by atoms with Gasteiger partial charge < -0.3 is 13.9 Å². The predicted octanol–water partition coefficient (Wildman–Crippen LogP) is 4.70. The van der Waals surface area contributed by atoms with Gasteiger partial charge in [0.2, 0.25) is 5.91 Å². The van der Waals surface area contributed by atoms with Crippen LogP contribution in [0.5, 0.6) is 0 Å². The Balaban J connectivity index is 1.25. The van der Waals surface area contributed by atoms with Crippen molar-refractivity contribution in [2.24, 2.45) is 0 Å². The summed E-state index contributed by atoms with van der Waals surface area (Å²) in [6.07, 6.45) is 1.65. The zero-order valence-electron chi connectivity index (χ0n) is 18.1.